The van der Waals surface area contributed by atoms with Crippen LogP contribution >= 0.6 is 0 Å². The molecular weight excluding hydrogens is 398 g/mol. The second-order valence-corrected chi connectivity index (χ2v) is 8.15. The summed E-state index contributed by atoms with van der Waals surface area (Å²) in [5.74, 6) is -4.50. The number of rotatable bonds is 6. The molecule has 2 amide bonds. The maximum absolute atomic E-state index is 13.0. The second-order valence-electron chi connectivity index (χ2n) is 8.15. The summed E-state index contributed by atoms with van der Waals surface area (Å²) in [6.45, 7) is -0.0632. The van der Waals surface area contributed by atoms with Gasteiger partial charge in [0.15, 0.2) is 11.7 Å². The van der Waals surface area contributed by atoms with Crippen molar-refractivity contribution in [2.75, 3.05) is 13.1 Å². The Hall–Kier alpha value is -3.55. The van der Waals surface area contributed by atoms with Gasteiger partial charge >= 0.3 is 5.97 Å². The van der Waals surface area contributed by atoms with E-state index in [1.165, 1.54) is 0 Å². The molecule has 2 N–H and O–H groups in total. The van der Waals surface area contributed by atoms with E-state index >= 15 is 0 Å². The van der Waals surface area contributed by atoms with Crippen LogP contribution in [0.2, 0.25) is 0 Å². The van der Waals surface area contributed by atoms with Gasteiger partial charge in [-0.15, -0.1) is 0 Å². The molecule has 2 aliphatic rings. The van der Waals surface area contributed by atoms with Gasteiger partial charge in [0.05, 0.1) is 5.69 Å². The Balaban J connectivity index is 1.53. The normalized spacial score (nSPS) is 19.7. The SMILES string of the molecule is O=C(O)CNC(=O)C1C(=O)N(Cc2ccc(-c3ccccn3)cc2)CC2(CCC2)C1=O. The summed E-state index contributed by atoms with van der Waals surface area (Å²) in [4.78, 5) is 55.2. The minimum atomic E-state index is -1.49. The van der Waals surface area contributed by atoms with E-state index in [0.717, 1.165) is 23.2 Å². The zero-order chi connectivity index (χ0) is 22.0. The summed E-state index contributed by atoms with van der Waals surface area (Å²) < 4.78 is 0. The Morgan fingerprint density at radius 3 is 2.45 bits per heavy atom. The molecule has 1 aliphatic heterocycles. The average molecular weight is 421 g/mol. The van der Waals surface area contributed by atoms with Gasteiger partial charge in [-0.3, -0.25) is 24.2 Å². The quantitative estimate of drug-likeness (QED) is 0.685. The third-order valence-corrected chi connectivity index (χ3v) is 6.11. The number of hydrogen-bond donors (Lipinski definition) is 2. The predicted molar refractivity (Wildman–Crippen MR) is 111 cm³/mol. The number of aromatic nitrogens is 1. The van der Waals surface area contributed by atoms with Crippen molar-refractivity contribution in [3.8, 4) is 11.3 Å². The molecular formula is C23H23N3O5. The lowest BCUT2D eigenvalue weighted by Crippen LogP contribution is -2.62. The first kappa shape index (κ1) is 20.7. The van der Waals surface area contributed by atoms with E-state index in [1.807, 2.05) is 42.5 Å². The lowest BCUT2D eigenvalue weighted by atomic mass is 9.61. The molecule has 8 nitrogen and oxygen atoms in total. The molecule has 0 radical (unpaired) electrons. The number of likely N-dealkylation sites (tertiary alicyclic amines) is 1. The van der Waals surface area contributed by atoms with Gasteiger partial charge in [-0.05, 0) is 30.5 Å². The van der Waals surface area contributed by atoms with Gasteiger partial charge < -0.3 is 15.3 Å². The fraction of sp³-hybridized carbons (Fsp3) is 0.348. The number of carbonyl (C=O) groups is 4. The molecule has 1 aliphatic carbocycles. The van der Waals surface area contributed by atoms with Crippen LogP contribution in [0.25, 0.3) is 11.3 Å². The third-order valence-electron chi connectivity index (χ3n) is 6.11. The lowest BCUT2D eigenvalue weighted by molar-refractivity contribution is -0.164. The number of amides is 2. The number of hydrogen-bond acceptors (Lipinski definition) is 5. The molecule has 1 spiro atoms. The minimum absolute atomic E-state index is 0.277. The summed E-state index contributed by atoms with van der Waals surface area (Å²) in [6, 6.07) is 13.3. The highest BCUT2D eigenvalue weighted by atomic mass is 16.4. The summed E-state index contributed by atoms with van der Waals surface area (Å²) in [7, 11) is 0. The van der Waals surface area contributed by atoms with Crippen LogP contribution in [0.15, 0.2) is 48.7 Å². The number of benzene rings is 1. The molecule has 1 atom stereocenters. The van der Waals surface area contributed by atoms with Gasteiger partial charge in [-0.2, -0.15) is 0 Å². The van der Waals surface area contributed by atoms with E-state index in [4.69, 9.17) is 5.11 Å². The number of carboxylic acid groups (broad SMARTS) is 1. The first-order valence-electron chi connectivity index (χ1n) is 10.2. The molecule has 1 saturated carbocycles. The van der Waals surface area contributed by atoms with Crippen LogP contribution in [0.3, 0.4) is 0 Å². The zero-order valence-electron chi connectivity index (χ0n) is 16.9. The van der Waals surface area contributed by atoms with Crippen molar-refractivity contribution in [3.63, 3.8) is 0 Å². The van der Waals surface area contributed by atoms with Crippen LogP contribution in [0.4, 0.5) is 0 Å². The van der Waals surface area contributed by atoms with Crippen molar-refractivity contribution in [1.82, 2.24) is 15.2 Å². The molecule has 1 unspecified atom stereocenters. The molecule has 1 saturated heterocycles. The average Bonchev–Trinajstić information content (AvgIpc) is 2.74. The number of piperidine rings is 1. The number of nitrogens with zero attached hydrogens (tertiary/aromatic N) is 2. The summed E-state index contributed by atoms with van der Waals surface area (Å²) >= 11 is 0. The summed E-state index contributed by atoms with van der Waals surface area (Å²) in [5, 5.41) is 11.0. The van der Waals surface area contributed by atoms with Crippen molar-refractivity contribution >= 4 is 23.6 Å². The van der Waals surface area contributed by atoms with Gasteiger partial charge in [-0.1, -0.05) is 36.8 Å². The Kier molecular flexibility index (Phi) is 5.54. The lowest BCUT2D eigenvalue weighted by Gasteiger charge is -2.49. The number of Topliss-reactive ketones (excluding diaryl/α,β-unsaturated/α-hetero) is 1. The predicted octanol–water partition coefficient (Wildman–Crippen LogP) is 1.65. The van der Waals surface area contributed by atoms with E-state index in [2.05, 4.69) is 10.3 Å². The first-order chi connectivity index (χ1) is 14.9. The maximum Gasteiger partial charge on any atom is 0.322 e. The second kappa shape index (κ2) is 8.29. The molecule has 2 fully saturated rings. The first-order valence-corrected chi connectivity index (χ1v) is 10.2. The largest absolute Gasteiger partial charge is 0.480 e. The Bertz CT molecular complexity index is 1020. The molecule has 2 heterocycles. The Labute approximate surface area is 179 Å². The topological polar surface area (TPSA) is 117 Å². The number of pyridine rings is 1. The van der Waals surface area contributed by atoms with E-state index in [-0.39, 0.29) is 18.9 Å². The number of ketones is 1. The van der Waals surface area contributed by atoms with Gasteiger partial charge in [0, 0.05) is 30.3 Å². The highest BCUT2D eigenvalue weighted by Gasteiger charge is 2.56. The zero-order valence-corrected chi connectivity index (χ0v) is 16.9. The molecule has 1 aromatic carbocycles. The van der Waals surface area contributed by atoms with Crippen LogP contribution in [0, 0.1) is 11.3 Å². The molecule has 31 heavy (non-hydrogen) atoms. The van der Waals surface area contributed by atoms with Crippen LogP contribution in [0.1, 0.15) is 24.8 Å². The van der Waals surface area contributed by atoms with Crippen LogP contribution in [0.5, 0.6) is 0 Å². The van der Waals surface area contributed by atoms with Crippen molar-refractivity contribution in [1.29, 1.82) is 0 Å². The number of carbonyl (C=O) groups excluding carboxylic acids is 3. The van der Waals surface area contributed by atoms with E-state index in [9.17, 15) is 19.2 Å². The van der Waals surface area contributed by atoms with E-state index < -0.39 is 35.7 Å². The standard InChI is InChI=1S/C23H23N3O5/c27-18(28)12-25-21(30)19-20(29)23(9-3-10-23)14-26(22(19)31)13-15-5-7-16(8-6-15)17-4-1-2-11-24-17/h1-2,4-8,11,19H,3,9-10,12-14H2,(H,25,30)(H,27,28). The highest BCUT2D eigenvalue weighted by molar-refractivity contribution is 6.21. The highest BCUT2D eigenvalue weighted by Crippen LogP contribution is 2.47. The van der Waals surface area contributed by atoms with Gasteiger partial charge in [0.2, 0.25) is 11.8 Å². The fourth-order valence-corrected chi connectivity index (χ4v) is 4.29. The number of nitrogens with one attached hydrogen (secondary N) is 1. The van der Waals surface area contributed by atoms with Gasteiger partial charge in [0.25, 0.3) is 0 Å². The molecule has 2 aromatic rings. The van der Waals surface area contributed by atoms with E-state index in [0.29, 0.717) is 12.8 Å². The Morgan fingerprint density at radius 1 is 1.13 bits per heavy atom. The van der Waals surface area contributed by atoms with Gasteiger partial charge in [0.1, 0.15) is 6.54 Å². The maximum atomic E-state index is 13.0. The molecule has 160 valence electrons. The third kappa shape index (κ3) is 4.05. The molecule has 4 rings (SSSR count). The minimum Gasteiger partial charge on any atom is -0.480 e. The van der Waals surface area contributed by atoms with Crippen molar-refractivity contribution in [2.24, 2.45) is 11.3 Å². The van der Waals surface area contributed by atoms with Crippen LogP contribution in [-0.4, -0.2) is 51.6 Å². The monoisotopic (exact) mass is 421 g/mol. The summed E-state index contributed by atoms with van der Waals surface area (Å²) in [5.41, 5.74) is 1.97. The smallest absolute Gasteiger partial charge is 0.322 e. The molecule has 8 heteroatoms. The van der Waals surface area contributed by atoms with Crippen LogP contribution in [-0.2, 0) is 25.7 Å². The fourth-order valence-electron chi connectivity index (χ4n) is 4.29. The number of carboxylic acids is 1. The van der Waals surface area contributed by atoms with Crippen LogP contribution < -0.4 is 5.32 Å². The number of aliphatic carboxylic acids is 1. The molecule has 0 bridgehead atoms. The molecule has 1 aromatic heterocycles. The summed E-state index contributed by atoms with van der Waals surface area (Å²) in [6.07, 6.45) is 3.87. The van der Waals surface area contributed by atoms with E-state index in [1.54, 1.807) is 11.1 Å². The Morgan fingerprint density at radius 2 is 1.87 bits per heavy atom. The van der Waals surface area contributed by atoms with Crippen molar-refractivity contribution < 1.29 is 24.3 Å². The van der Waals surface area contributed by atoms with Crippen molar-refractivity contribution in [2.45, 2.75) is 25.8 Å². The van der Waals surface area contributed by atoms with Gasteiger partial charge in [-0.25, -0.2) is 0 Å². The van der Waals surface area contributed by atoms with Crippen molar-refractivity contribution in [3.05, 3.63) is 54.2 Å².